The molecule has 0 spiro atoms. The van der Waals surface area contributed by atoms with Gasteiger partial charge in [-0.15, -0.1) is 0 Å². The summed E-state index contributed by atoms with van der Waals surface area (Å²) in [5.74, 6) is -0.0402. The van der Waals surface area contributed by atoms with Gasteiger partial charge in [0.25, 0.3) is 5.91 Å². The Kier molecular flexibility index (Phi) is 4.43. The zero-order valence-electron chi connectivity index (χ0n) is 11.1. The molecule has 0 radical (unpaired) electrons. The van der Waals surface area contributed by atoms with Gasteiger partial charge in [-0.25, -0.2) is 0 Å². The lowest BCUT2D eigenvalue weighted by molar-refractivity contribution is 0.0940. The Bertz CT molecular complexity index is 558. The van der Waals surface area contributed by atoms with Crippen LogP contribution in [0, 0.1) is 0 Å². The molecule has 2 aromatic rings. The number of hydrogen-bond donors (Lipinski definition) is 1. The average Bonchev–Trinajstić information content (AvgIpc) is 2.87. The van der Waals surface area contributed by atoms with Crippen LogP contribution in [0.5, 0.6) is 0 Å². The smallest absolute Gasteiger partial charge is 0.268 e. The number of halogens is 1. The van der Waals surface area contributed by atoms with E-state index >= 15 is 0 Å². The molecule has 0 aliphatic heterocycles. The zero-order valence-corrected chi connectivity index (χ0v) is 12.6. The van der Waals surface area contributed by atoms with E-state index in [0.29, 0.717) is 12.2 Å². The van der Waals surface area contributed by atoms with Crippen LogP contribution in [0.15, 0.2) is 47.1 Å². The highest BCUT2D eigenvalue weighted by molar-refractivity contribution is 9.10. The molecule has 19 heavy (non-hydrogen) atoms. The summed E-state index contributed by atoms with van der Waals surface area (Å²) in [6.07, 6.45) is 1.93. The molecule has 1 aromatic heterocycles. The second kappa shape index (κ2) is 6.06. The number of amides is 1. The van der Waals surface area contributed by atoms with Crippen LogP contribution in [0.3, 0.4) is 0 Å². The minimum absolute atomic E-state index is 0.0402. The van der Waals surface area contributed by atoms with Gasteiger partial charge in [-0.3, -0.25) is 4.79 Å². The van der Waals surface area contributed by atoms with Crippen LogP contribution in [0.4, 0.5) is 0 Å². The predicted molar refractivity (Wildman–Crippen MR) is 80.1 cm³/mol. The lowest BCUT2D eigenvalue weighted by Gasteiger charge is -2.12. The average molecular weight is 321 g/mol. The number of rotatable bonds is 4. The monoisotopic (exact) mass is 320 g/mol. The van der Waals surface area contributed by atoms with E-state index in [1.165, 1.54) is 0 Å². The summed E-state index contributed by atoms with van der Waals surface area (Å²) in [5.41, 5.74) is 1.78. The van der Waals surface area contributed by atoms with E-state index in [1.54, 1.807) is 0 Å². The van der Waals surface area contributed by atoms with E-state index in [4.69, 9.17) is 0 Å². The minimum Gasteiger partial charge on any atom is -0.347 e. The molecule has 0 saturated heterocycles. The van der Waals surface area contributed by atoms with Crippen LogP contribution in [0.25, 0.3) is 0 Å². The van der Waals surface area contributed by atoms with Crippen LogP contribution in [-0.4, -0.2) is 10.5 Å². The second-order valence-corrected chi connectivity index (χ2v) is 5.62. The molecule has 1 aromatic carbocycles. The summed E-state index contributed by atoms with van der Waals surface area (Å²) in [7, 11) is 0. The van der Waals surface area contributed by atoms with Gasteiger partial charge in [-0.2, -0.15) is 0 Å². The van der Waals surface area contributed by atoms with Gasteiger partial charge in [0.15, 0.2) is 0 Å². The van der Waals surface area contributed by atoms with Crippen molar-refractivity contribution in [3.63, 3.8) is 0 Å². The van der Waals surface area contributed by atoms with E-state index in [9.17, 15) is 4.79 Å². The molecular weight excluding hydrogens is 304 g/mol. The molecule has 0 aliphatic carbocycles. The number of carbonyl (C=O) groups is 1. The fourth-order valence-electron chi connectivity index (χ4n) is 1.91. The predicted octanol–water partition coefficient (Wildman–Crippen LogP) is 3.76. The number of benzene rings is 1. The SMILES string of the molecule is CC(C)n1cccc1C(=O)NCc1ccc(Br)cc1. The van der Waals surface area contributed by atoms with Gasteiger partial charge >= 0.3 is 0 Å². The normalized spacial score (nSPS) is 10.7. The molecule has 1 heterocycles. The van der Waals surface area contributed by atoms with Crippen molar-refractivity contribution in [1.82, 2.24) is 9.88 Å². The van der Waals surface area contributed by atoms with E-state index in [0.717, 1.165) is 10.0 Å². The van der Waals surface area contributed by atoms with Gasteiger partial charge in [0.1, 0.15) is 5.69 Å². The Hall–Kier alpha value is -1.55. The van der Waals surface area contributed by atoms with Crippen LogP contribution in [0.1, 0.15) is 35.9 Å². The lowest BCUT2D eigenvalue weighted by Crippen LogP contribution is -2.25. The van der Waals surface area contributed by atoms with Crippen molar-refractivity contribution in [2.45, 2.75) is 26.4 Å². The number of nitrogens with zero attached hydrogens (tertiary/aromatic N) is 1. The van der Waals surface area contributed by atoms with E-state index in [2.05, 4.69) is 35.1 Å². The highest BCUT2D eigenvalue weighted by Gasteiger charge is 2.11. The van der Waals surface area contributed by atoms with Gasteiger partial charge in [-0.1, -0.05) is 28.1 Å². The minimum atomic E-state index is -0.0402. The Labute approximate surface area is 121 Å². The summed E-state index contributed by atoms with van der Waals surface area (Å²) in [5, 5.41) is 2.94. The van der Waals surface area contributed by atoms with Crippen molar-refractivity contribution in [2.75, 3.05) is 0 Å². The topological polar surface area (TPSA) is 34.0 Å². The molecule has 2 rings (SSSR count). The molecule has 0 bridgehead atoms. The molecule has 100 valence electrons. The van der Waals surface area contributed by atoms with Gasteiger partial charge in [0.2, 0.25) is 0 Å². The van der Waals surface area contributed by atoms with Crippen LogP contribution in [0.2, 0.25) is 0 Å². The Morgan fingerprint density at radius 3 is 2.58 bits per heavy atom. The summed E-state index contributed by atoms with van der Waals surface area (Å²) < 4.78 is 3.01. The maximum atomic E-state index is 12.1. The molecular formula is C15H17BrN2O. The van der Waals surface area contributed by atoms with E-state index in [1.807, 2.05) is 47.2 Å². The van der Waals surface area contributed by atoms with Crippen molar-refractivity contribution in [2.24, 2.45) is 0 Å². The Balaban J connectivity index is 2.01. The van der Waals surface area contributed by atoms with Gasteiger partial charge in [0.05, 0.1) is 0 Å². The zero-order chi connectivity index (χ0) is 13.8. The largest absolute Gasteiger partial charge is 0.347 e. The third-order valence-corrected chi connectivity index (χ3v) is 3.46. The number of hydrogen-bond acceptors (Lipinski definition) is 1. The fourth-order valence-corrected chi connectivity index (χ4v) is 2.18. The molecule has 0 saturated carbocycles. The number of aromatic nitrogens is 1. The molecule has 3 nitrogen and oxygen atoms in total. The lowest BCUT2D eigenvalue weighted by atomic mass is 10.2. The van der Waals surface area contributed by atoms with Crippen LogP contribution < -0.4 is 5.32 Å². The van der Waals surface area contributed by atoms with Gasteiger partial charge in [0, 0.05) is 23.3 Å². The molecule has 1 N–H and O–H groups in total. The Morgan fingerprint density at radius 2 is 1.95 bits per heavy atom. The summed E-state index contributed by atoms with van der Waals surface area (Å²) in [4.78, 5) is 12.1. The van der Waals surface area contributed by atoms with Crippen molar-refractivity contribution < 1.29 is 4.79 Å². The highest BCUT2D eigenvalue weighted by atomic mass is 79.9. The first-order valence-electron chi connectivity index (χ1n) is 6.27. The first-order chi connectivity index (χ1) is 9.08. The Morgan fingerprint density at radius 1 is 1.26 bits per heavy atom. The summed E-state index contributed by atoms with van der Waals surface area (Å²) >= 11 is 3.39. The third-order valence-electron chi connectivity index (χ3n) is 2.93. The molecule has 0 unspecified atom stereocenters. The first kappa shape index (κ1) is 13.9. The molecule has 0 atom stereocenters. The maximum absolute atomic E-state index is 12.1. The molecule has 1 amide bonds. The quantitative estimate of drug-likeness (QED) is 0.914. The van der Waals surface area contributed by atoms with Crippen molar-refractivity contribution in [3.8, 4) is 0 Å². The van der Waals surface area contributed by atoms with Crippen molar-refractivity contribution >= 4 is 21.8 Å². The van der Waals surface area contributed by atoms with E-state index in [-0.39, 0.29) is 11.9 Å². The number of nitrogens with one attached hydrogen (secondary N) is 1. The van der Waals surface area contributed by atoms with Crippen molar-refractivity contribution in [1.29, 1.82) is 0 Å². The standard InChI is InChI=1S/C15H17BrN2O/c1-11(2)18-9-3-4-14(18)15(19)17-10-12-5-7-13(16)8-6-12/h3-9,11H,10H2,1-2H3,(H,17,19). The van der Waals surface area contributed by atoms with Crippen LogP contribution >= 0.6 is 15.9 Å². The highest BCUT2D eigenvalue weighted by Crippen LogP contribution is 2.12. The van der Waals surface area contributed by atoms with Crippen molar-refractivity contribution in [3.05, 3.63) is 58.3 Å². The second-order valence-electron chi connectivity index (χ2n) is 4.70. The maximum Gasteiger partial charge on any atom is 0.268 e. The molecule has 0 aliphatic rings. The van der Waals surface area contributed by atoms with Gasteiger partial charge < -0.3 is 9.88 Å². The van der Waals surface area contributed by atoms with Crippen LogP contribution in [-0.2, 0) is 6.54 Å². The number of carbonyl (C=O) groups excluding carboxylic acids is 1. The summed E-state index contributed by atoms with van der Waals surface area (Å²) in [6, 6.07) is 11.9. The van der Waals surface area contributed by atoms with E-state index < -0.39 is 0 Å². The fraction of sp³-hybridized carbons (Fsp3) is 0.267. The molecule has 0 fully saturated rings. The van der Waals surface area contributed by atoms with Gasteiger partial charge in [-0.05, 0) is 43.7 Å². The third kappa shape index (κ3) is 3.47. The first-order valence-corrected chi connectivity index (χ1v) is 7.06. The molecule has 4 heteroatoms. The summed E-state index contributed by atoms with van der Waals surface area (Å²) in [6.45, 7) is 4.66.